The topological polar surface area (TPSA) is 0 Å². The summed E-state index contributed by atoms with van der Waals surface area (Å²) < 4.78 is 0. The third kappa shape index (κ3) is 3.99. The van der Waals surface area contributed by atoms with Crippen LogP contribution in [0.1, 0.15) is 16.7 Å². The molecule has 0 N–H and O–H groups in total. The summed E-state index contributed by atoms with van der Waals surface area (Å²) in [6, 6.07) is 19.7. The first-order chi connectivity index (χ1) is 11.1. The maximum Gasteiger partial charge on any atom is 3.00 e. The Morgan fingerprint density at radius 3 is 2.12 bits per heavy atom. The van der Waals surface area contributed by atoms with E-state index >= 15 is 0 Å². The van der Waals surface area contributed by atoms with Crippen molar-refractivity contribution >= 4 is 28.4 Å². The molecule has 4 heteroatoms. The monoisotopic (exact) mass is 453 g/mol. The molecular formula is C22H18BCl2Zr. The van der Waals surface area contributed by atoms with Gasteiger partial charge in [-0.3, -0.25) is 0 Å². The van der Waals surface area contributed by atoms with Gasteiger partial charge in [-0.2, -0.15) is 0 Å². The van der Waals surface area contributed by atoms with Crippen LogP contribution in [0.5, 0.6) is 0 Å². The fraction of sp³-hybridized carbons (Fsp3) is 0.136. The normalized spacial score (nSPS) is 9.81. The molecule has 0 amide bonds. The smallest absolute Gasteiger partial charge is 1.00 e. The Morgan fingerprint density at radius 1 is 0.769 bits per heavy atom. The molecule has 1 aromatic heterocycles. The minimum absolute atomic E-state index is 0. The Labute approximate surface area is 187 Å². The zero-order valence-electron chi connectivity index (χ0n) is 15.0. The number of hydrogen-bond acceptors (Lipinski definition) is 0. The molecule has 0 unspecified atom stereocenters. The molecule has 0 nitrogen and oxygen atoms in total. The van der Waals surface area contributed by atoms with E-state index in [1.807, 2.05) is 6.07 Å². The molecule has 1 radical (unpaired) electrons. The first kappa shape index (κ1) is 23.1. The standard InChI is InChI=1S/C22H18B.2ClH.Zr/c1-14-11-15(2)20(16(3)12-14)21-19-9-5-4-7-17(19)13-18-8-6-10-23-22(18)21;;;/h4-9,11-13H,1-3H3;2*1H;/q-1;;;+3/p-2. The molecule has 3 aromatic carbocycles. The Bertz CT molecular complexity index is 983. The average molecular weight is 455 g/mol. The first-order valence-corrected chi connectivity index (χ1v) is 8.05. The molecule has 0 bridgehead atoms. The van der Waals surface area contributed by atoms with Gasteiger partial charge in [0.05, 0.1) is 0 Å². The van der Waals surface area contributed by atoms with Crippen molar-refractivity contribution in [1.29, 1.82) is 0 Å². The molecule has 127 valence electrons. The molecule has 0 saturated heterocycles. The molecule has 4 rings (SSSR count). The molecular weight excluding hydrogens is 437 g/mol. The van der Waals surface area contributed by atoms with Crippen molar-refractivity contribution in [3.63, 3.8) is 0 Å². The van der Waals surface area contributed by atoms with Gasteiger partial charge in [-0.15, -0.1) is 0 Å². The largest absolute Gasteiger partial charge is 3.00 e. The van der Waals surface area contributed by atoms with E-state index in [9.17, 15) is 0 Å². The van der Waals surface area contributed by atoms with Crippen molar-refractivity contribution in [3.8, 4) is 11.1 Å². The summed E-state index contributed by atoms with van der Waals surface area (Å²) >= 11 is 0. The van der Waals surface area contributed by atoms with E-state index in [0.717, 1.165) is 0 Å². The minimum atomic E-state index is 0. The third-order valence-electron chi connectivity index (χ3n) is 4.64. The van der Waals surface area contributed by atoms with E-state index in [1.54, 1.807) is 0 Å². The second-order valence-corrected chi connectivity index (χ2v) is 6.39. The van der Waals surface area contributed by atoms with Crippen molar-refractivity contribution < 1.29 is 51.0 Å². The molecule has 0 aliphatic heterocycles. The van der Waals surface area contributed by atoms with Crippen LogP contribution in [0.15, 0.2) is 54.6 Å². The van der Waals surface area contributed by atoms with E-state index in [2.05, 4.69) is 82.2 Å². The van der Waals surface area contributed by atoms with Crippen LogP contribution >= 0.6 is 0 Å². The molecule has 4 aromatic rings. The van der Waals surface area contributed by atoms with Gasteiger partial charge in [0.15, 0.2) is 0 Å². The van der Waals surface area contributed by atoms with Crippen LogP contribution in [0.2, 0.25) is 0 Å². The Balaban J connectivity index is 0.00000113. The molecule has 1 heterocycles. The SMILES string of the molecule is Cc1cc(C)c(-c2c3b[c-]ccc3cc3ccccc23)c(C)c1.[Cl-].[Cl-].[Zr+3]. The van der Waals surface area contributed by atoms with Crippen molar-refractivity contribution in [2.45, 2.75) is 20.8 Å². The number of hydrogen-bond donors (Lipinski definition) is 0. The van der Waals surface area contributed by atoms with Gasteiger partial charge in [-0.05, 0) is 0 Å². The Hall–Kier alpha value is -0.942. The second kappa shape index (κ2) is 9.31. The number of fused-ring (bicyclic) bond motifs is 2. The summed E-state index contributed by atoms with van der Waals surface area (Å²) in [6.07, 6.45) is 0. The summed E-state index contributed by atoms with van der Waals surface area (Å²) in [5, 5.41) is 5.16. The maximum absolute atomic E-state index is 3.26. The van der Waals surface area contributed by atoms with Gasteiger partial charge in [0.25, 0.3) is 0 Å². The van der Waals surface area contributed by atoms with Crippen molar-refractivity contribution in [1.82, 2.24) is 0 Å². The fourth-order valence-corrected chi connectivity index (χ4v) is 3.79. The van der Waals surface area contributed by atoms with Gasteiger partial charge in [0.1, 0.15) is 0 Å². The van der Waals surface area contributed by atoms with Crippen molar-refractivity contribution in [2.75, 3.05) is 0 Å². The Morgan fingerprint density at radius 2 is 1.42 bits per heavy atom. The van der Waals surface area contributed by atoms with Crippen molar-refractivity contribution in [2.24, 2.45) is 0 Å². The van der Waals surface area contributed by atoms with Crippen LogP contribution in [0.25, 0.3) is 32.6 Å². The second-order valence-electron chi connectivity index (χ2n) is 6.39. The Kier molecular flexibility index (Phi) is 8.27. The predicted octanol–water partition coefficient (Wildman–Crippen LogP) is -0.271. The number of rotatable bonds is 1. The third-order valence-corrected chi connectivity index (χ3v) is 4.64. The van der Waals surface area contributed by atoms with Gasteiger partial charge in [-0.25, -0.2) is 0 Å². The van der Waals surface area contributed by atoms with E-state index in [4.69, 9.17) is 0 Å². The summed E-state index contributed by atoms with van der Waals surface area (Å²) in [5.41, 5.74) is 6.69. The molecule has 0 aliphatic carbocycles. The van der Waals surface area contributed by atoms with E-state index in [1.165, 1.54) is 49.3 Å². The van der Waals surface area contributed by atoms with Gasteiger partial charge in [-0.1, -0.05) is 0 Å². The zero-order valence-corrected chi connectivity index (χ0v) is 19.0. The zero-order chi connectivity index (χ0) is 16.0. The molecule has 0 saturated carbocycles. The molecule has 0 aliphatic rings. The van der Waals surface area contributed by atoms with Crippen LogP contribution in [0.3, 0.4) is 0 Å². The van der Waals surface area contributed by atoms with Gasteiger partial charge in [0.2, 0.25) is 0 Å². The van der Waals surface area contributed by atoms with Gasteiger partial charge < -0.3 is 24.8 Å². The summed E-state index contributed by atoms with van der Waals surface area (Å²) in [5.74, 6) is 3.26. The number of benzene rings is 3. The molecule has 0 spiro atoms. The fourth-order valence-electron chi connectivity index (χ4n) is 3.79. The van der Waals surface area contributed by atoms with Crippen LogP contribution in [0, 0.1) is 26.7 Å². The molecule has 0 atom stereocenters. The first-order valence-electron chi connectivity index (χ1n) is 8.05. The van der Waals surface area contributed by atoms with Crippen LogP contribution < -0.4 is 24.8 Å². The van der Waals surface area contributed by atoms with Crippen molar-refractivity contribution in [3.05, 3.63) is 77.2 Å². The minimum Gasteiger partial charge on any atom is -1.00 e. The summed E-state index contributed by atoms with van der Waals surface area (Å²) in [7, 11) is 0. The van der Waals surface area contributed by atoms with Gasteiger partial charge in [0, 0.05) is 0 Å². The van der Waals surface area contributed by atoms with Gasteiger partial charge >= 0.3 is 164 Å². The maximum atomic E-state index is 3.26. The van der Waals surface area contributed by atoms with E-state index in [-0.39, 0.29) is 51.0 Å². The van der Waals surface area contributed by atoms with E-state index in [0.29, 0.717) is 0 Å². The summed E-state index contributed by atoms with van der Waals surface area (Å²) in [6.45, 7) is 8.72. The van der Waals surface area contributed by atoms with Crippen LogP contribution in [-0.4, -0.2) is 6.91 Å². The summed E-state index contributed by atoms with van der Waals surface area (Å²) in [4.78, 5) is 0. The predicted molar refractivity (Wildman–Crippen MR) is 101 cm³/mol. The average Bonchev–Trinajstić information content (AvgIpc) is 2.53. The quantitative estimate of drug-likeness (QED) is 0.274. The number of aryl methyl sites for hydroxylation is 3. The number of halogens is 2. The molecule has 0 fully saturated rings. The van der Waals surface area contributed by atoms with Crippen LogP contribution in [0.4, 0.5) is 0 Å². The van der Waals surface area contributed by atoms with E-state index < -0.39 is 0 Å². The van der Waals surface area contributed by atoms with Crippen LogP contribution in [-0.2, 0) is 26.2 Å². The molecule has 26 heavy (non-hydrogen) atoms.